The summed E-state index contributed by atoms with van der Waals surface area (Å²) in [5.41, 5.74) is 0.290. The number of carbonyl (C=O) groups excluding carboxylic acids is 1. The maximum atomic E-state index is 12.9. The summed E-state index contributed by atoms with van der Waals surface area (Å²) in [6.45, 7) is 2.24. The normalized spacial score (nSPS) is 16.2. The quantitative estimate of drug-likeness (QED) is 0.658. The average molecular weight is 431 g/mol. The van der Waals surface area contributed by atoms with Gasteiger partial charge in [-0.1, -0.05) is 35.3 Å². The van der Waals surface area contributed by atoms with Crippen molar-refractivity contribution < 1.29 is 18.0 Å². The van der Waals surface area contributed by atoms with Gasteiger partial charge in [0.1, 0.15) is 0 Å². The number of rotatable bonds is 4. The van der Waals surface area contributed by atoms with E-state index in [1.165, 1.54) is 0 Å². The number of carbonyl (C=O) groups is 1. The first kappa shape index (κ1) is 21.0. The van der Waals surface area contributed by atoms with Crippen molar-refractivity contribution in [1.82, 2.24) is 4.90 Å². The molecule has 3 nitrogen and oxygen atoms in total. The highest BCUT2D eigenvalue weighted by Crippen LogP contribution is 2.34. The van der Waals surface area contributed by atoms with Gasteiger partial charge in [0.15, 0.2) is 0 Å². The van der Waals surface area contributed by atoms with Gasteiger partial charge in [0.05, 0.1) is 16.3 Å². The molecular weight excluding hydrogens is 412 g/mol. The predicted octanol–water partition coefficient (Wildman–Crippen LogP) is 5.86. The highest BCUT2D eigenvalue weighted by Gasteiger charge is 2.31. The molecule has 3 rings (SSSR count). The molecule has 0 spiro atoms. The Hall–Kier alpha value is -1.76. The maximum Gasteiger partial charge on any atom is 0.416 e. The second-order valence-electron chi connectivity index (χ2n) is 6.86. The Bertz CT molecular complexity index is 832. The molecule has 8 heteroatoms. The number of likely N-dealkylation sites (tertiary alicyclic amines) is 1. The topological polar surface area (TPSA) is 32.3 Å². The minimum atomic E-state index is -4.49. The molecule has 0 unspecified atom stereocenters. The van der Waals surface area contributed by atoms with E-state index in [0.29, 0.717) is 17.9 Å². The zero-order valence-corrected chi connectivity index (χ0v) is 16.4. The highest BCUT2D eigenvalue weighted by atomic mass is 35.5. The van der Waals surface area contributed by atoms with Crippen molar-refractivity contribution in [3.05, 3.63) is 63.6 Å². The summed E-state index contributed by atoms with van der Waals surface area (Å²) in [6.07, 6.45) is -3.22. The van der Waals surface area contributed by atoms with E-state index in [9.17, 15) is 18.0 Å². The number of anilines is 1. The lowest BCUT2D eigenvalue weighted by molar-refractivity contribution is -0.137. The summed E-state index contributed by atoms with van der Waals surface area (Å²) in [4.78, 5) is 14.7. The Balaban J connectivity index is 1.56. The van der Waals surface area contributed by atoms with Crippen molar-refractivity contribution in [2.45, 2.75) is 25.6 Å². The molecule has 0 atom stereocenters. The van der Waals surface area contributed by atoms with Crippen LogP contribution in [0, 0.1) is 5.92 Å². The fraction of sp³-hybridized carbons (Fsp3) is 0.350. The van der Waals surface area contributed by atoms with Crippen molar-refractivity contribution in [2.75, 3.05) is 18.4 Å². The standard InChI is InChI=1S/C20H19Cl2F3N2O/c21-16-4-1-13(2-5-16)12-27-9-7-14(8-10-27)19(28)26-18-11-15(20(23,24)25)3-6-17(18)22/h1-6,11,14H,7-10,12H2,(H,26,28). The molecule has 1 fully saturated rings. The molecule has 28 heavy (non-hydrogen) atoms. The number of nitrogens with one attached hydrogen (secondary N) is 1. The van der Waals surface area contributed by atoms with Crippen LogP contribution in [0.2, 0.25) is 10.0 Å². The van der Waals surface area contributed by atoms with Crippen molar-refractivity contribution in [2.24, 2.45) is 5.92 Å². The van der Waals surface area contributed by atoms with Crippen LogP contribution in [0.3, 0.4) is 0 Å². The first-order chi connectivity index (χ1) is 13.2. The van der Waals surface area contributed by atoms with Crippen molar-refractivity contribution >= 4 is 34.8 Å². The fourth-order valence-corrected chi connectivity index (χ4v) is 3.52. The molecule has 1 saturated heterocycles. The van der Waals surface area contributed by atoms with E-state index in [1.807, 2.05) is 24.3 Å². The number of hydrogen-bond donors (Lipinski definition) is 1. The zero-order valence-electron chi connectivity index (χ0n) is 14.9. The Morgan fingerprint density at radius 3 is 2.32 bits per heavy atom. The average Bonchev–Trinajstić information content (AvgIpc) is 2.65. The minimum absolute atomic E-state index is 0.00918. The van der Waals surface area contributed by atoms with Crippen LogP contribution in [-0.4, -0.2) is 23.9 Å². The van der Waals surface area contributed by atoms with E-state index < -0.39 is 11.7 Å². The molecule has 0 radical (unpaired) electrons. The summed E-state index contributed by atoms with van der Waals surface area (Å²) in [5.74, 6) is -0.556. The van der Waals surface area contributed by atoms with E-state index in [-0.39, 0.29) is 22.5 Å². The number of benzene rings is 2. The van der Waals surface area contributed by atoms with Gasteiger partial charge < -0.3 is 5.32 Å². The van der Waals surface area contributed by atoms with Gasteiger partial charge >= 0.3 is 6.18 Å². The van der Waals surface area contributed by atoms with Gasteiger partial charge in [-0.3, -0.25) is 9.69 Å². The van der Waals surface area contributed by atoms with E-state index in [4.69, 9.17) is 23.2 Å². The molecule has 0 bridgehead atoms. The van der Waals surface area contributed by atoms with Gasteiger partial charge in [-0.25, -0.2) is 0 Å². The van der Waals surface area contributed by atoms with Crippen LogP contribution < -0.4 is 5.32 Å². The van der Waals surface area contributed by atoms with Gasteiger partial charge in [-0.05, 0) is 61.8 Å². The molecule has 150 valence electrons. The van der Waals surface area contributed by atoms with Gasteiger partial charge in [0.25, 0.3) is 0 Å². The lowest BCUT2D eigenvalue weighted by Gasteiger charge is -2.31. The largest absolute Gasteiger partial charge is 0.416 e. The molecule has 0 saturated carbocycles. The van der Waals surface area contributed by atoms with Crippen molar-refractivity contribution in [3.63, 3.8) is 0 Å². The van der Waals surface area contributed by atoms with Crippen LogP contribution in [0.1, 0.15) is 24.0 Å². The summed E-state index contributed by atoms with van der Waals surface area (Å²) in [5, 5.41) is 3.33. The van der Waals surface area contributed by atoms with E-state index in [0.717, 1.165) is 43.4 Å². The molecule has 1 aliphatic rings. The molecule has 1 aliphatic heterocycles. The maximum absolute atomic E-state index is 12.9. The lowest BCUT2D eigenvalue weighted by atomic mass is 9.95. The van der Waals surface area contributed by atoms with Gasteiger partial charge in [0.2, 0.25) is 5.91 Å². The van der Waals surface area contributed by atoms with Gasteiger partial charge in [-0.2, -0.15) is 13.2 Å². The fourth-order valence-electron chi connectivity index (χ4n) is 3.23. The van der Waals surface area contributed by atoms with Crippen LogP contribution in [0.15, 0.2) is 42.5 Å². The molecule has 1 heterocycles. The molecular formula is C20H19Cl2F3N2O. The van der Waals surface area contributed by atoms with E-state index >= 15 is 0 Å². The third-order valence-electron chi connectivity index (χ3n) is 4.83. The Kier molecular flexibility index (Phi) is 6.53. The molecule has 1 N–H and O–H groups in total. The molecule has 0 aliphatic carbocycles. The molecule has 1 amide bonds. The number of nitrogens with zero attached hydrogens (tertiary/aromatic N) is 1. The van der Waals surface area contributed by atoms with E-state index in [1.54, 1.807) is 0 Å². The first-order valence-electron chi connectivity index (χ1n) is 8.87. The third kappa shape index (κ3) is 5.40. The second-order valence-corrected chi connectivity index (χ2v) is 7.70. The lowest BCUT2D eigenvalue weighted by Crippen LogP contribution is -2.37. The number of halogens is 5. The second kappa shape index (κ2) is 8.72. The van der Waals surface area contributed by atoms with Crippen LogP contribution in [0.4, 0.5) is 18.9 Å². The summed E-state index contributed by atoms with van der Waals surface area (Å²) in [7, 11) is 0. The number of amides is 1. The van der Waals surface area contributed by atoms with Gasteiger partial charge in [-0.15, -0.1) is 0 Å². The van der Waals surface area contributed by atoms with Crippen molar-refractivity contribution in [3.8, 4) is 0 Å². The zero-order chi connectivity index (χ0) is 20.3. The summed E-state index contributed by atoms with van der Waals surface area (Å²) >= 11 is 11.8. The van der Waals surface area contributed by atoms with Crippen LogP contribution in [-0.2, 0) is 17.5 Å². The number of hydrogen-bond acceptors (Lipinski definition) is 2. The Morgan fingerprint density at radius 2 is 1.71 bits per heavy atom. The van der Waals surface area contributed by atoms with Crippen molar-refractivity contribution in [1.29, 1.82) is 0 Å². The molecule has 2 aromatic carbocycles. The van der Waals surface area contributed by atoms with Crippen LogP contribution in [0.25, 0.3) is 0 Å². The minimum Gasteiger partial charge on any atom is -0.325 e. The number of piperidine rings is 1. The number of alkyl halides is 3. The first-order valence-corrected chi connectivity index (χ1v) is 9.62. The smallest absolute Gasteiger partial charge is 0.325 e. The van der Waals surface area contributed by atoms with Crippen LogP contribution in [0.5, 0.6) is 0 Å². The summed E-state index contributed by atoms with van der Waals surface area (Å²) < 4.78 is 38.6. The van der Waals surface area contributed by atoms with Crippen LogP contribution >= 0.6 is 23.2 Å². The molecule has 2 aromatic rings. The molecule has 0 aromatic heterocycles. The Morgan fingerprint density at radius 1 is 1.07 bits per heavy atom. The third-order valence-corrected chi connectivity index (χ3v) is 5.41. The highest BCUT2D eigenvalue weighted by molar-refractivity contribution is 6.33. The monoisotopic (exact) mass is 430 g/mol. The summed E-state index contributed by atoms with van der Waals surface area (Å²) in [6, 6.07) is 10.5. The van der Waals surface area contributed by atoms with Gasteiger partial charge in [0, 0.05) is 17.5 Å². The van der Waals surface area contributed by atoms with E-state index in [2.05, 4.69) is 10.2 Å². The SMILES string of the molecule is O=C(Nc1cc(C(F)(F)F)ccc1Cl)C1CCN(Cc2ccc(Cl)cc2)CC1. The Labute approximate surface area is 171 Å². The predicted molar refractivity (Wildman–Crippen MR) is 105 cm³/mol.